The van der Waals surface area contributed by atoms with Gasteiger partial charge in [-0.05, 0) is 36.3 Å². The van der Waals surface area contributed by atoms with Gasteiger partial charge in [-0.1, -0.05) is 15.9 Å². The van der Waals surface area contributed by atoms with Crippen molar-refractivity contribution in [3.05, 3.63) is 27.5 Å². The largest absolute Gasteiger partial charge is 0.143 e. The van der Waals surface area contributed by atoms with Gasteiger partial charge in [-0.15, -0.1) is 23.1 Å². The highest BCUT2D eigenvalue weighted by atomic mass is 79.9. The van der Waals surface area contributed by atoms with Crippen molar-refractivity contribution in [3.63, 3.8) is 0 Å². The molecule has 0 radical (unpaired) electrons. The summed E-state index contributed by atoms with van der Waals surface area (Å²) in [6.07, 6.45) is 2.11. The molecule has 0 saturated heterocycles. The van der Waals surface area contributed by atoms with Crippen molar-refractivity contribution in [1.29, 1.82) is 0 Å². The summed E-state index contributed by atoms with van der Waals surface area (Å²) in [6.45, 7) is 2.16. The summed E-state index contributed by atoms with van der Waals surface area (Å²) >= 11 is 7.21. The molecule has 68 valence electrons. The van der Waals surface area contributed by atoms with E-state index < -0.39 is 0 Å². The number of aryl methyl sites for hydroxylation is 1. The van der Waals surface area contributed by atoms with E-state index in [9.17, 15) is 0 Å². The average Bonchev–Trinajstić information content (AvgIpc) is 2.48. The lowest BCUT2D eigenvalue weighted by atomic mass is 10.2. The molecule has 0 fully saturated rings. The minimum Gasteiger partial charge on any atom is -0.143 e. The summed E-state index contributed by atoms with van der Waals surface area (Å²) in [5, 5.41) is 3.57. The van der Waals surface area contributed by atoms with Gasteiger partial charge in [0.1, 0.15) is 0 Å². The van der Waals surface area contributed by atoms with E-state index in [1.165, 1.54) is 25.0 Å². The molecular formula is C10H9BrS2. The summed E-state index contributed by atoms with van der Waals surface area (Å²) in [5.41, 5.74) is 1.36. The van der Waals surface area contributed by atoms with Crippen molar-refractivity contribution in [2.45, 2.75) is 11.8 Å². The molecule has 0 saturated carbocycles. The fraction of sp³-hybridized carbons (Fsp3) is 0.200. The number of thiophene rings is 1. The van der Waals surface area contributed by atoms with Crippen LogP contribution in [0, 0.1) is 6.92 Å². The highest BCUT2D eigenvalue weighted by molar-refractivity contribution is 9.10. The lowest BCUT2D eigenvalue weighted by Gasteiger charge is -2.00. The number of thioether (sulfide) groups is 1. The average molecular weight is 273 g/mol. The Balaban J connectivity index is 2.79. The first kappa shape index (κ1) is 9.56. The summed E-state index contributed by atoms with van der Waals surface area (Å²) < 4.78 is 2.59. The quantitative estimate of drug-likeness (QED) is 0.679. The summed E-state index contributed by atoms with van der Waals surface area (Å²) in [7, 11) is 0. The molecule has 0 unspecified atom stereocenters. The fourth-order valence-electron chi connectivity index (χ4n) is 1.36. The van der Waals surface area contributed by atoms with Crippen LogP contribution in [-0.4, -0.2) is 6.26 Å². The molecule has 0 aliphatic heterocycles. The van der Waals surface area contributed by atoms with E-state index in [2.05, 4.69) is 46.6 Å². The van der Waals surface area contributed by atoms with Crippen molar-refractivity contribution in [2.75, 3.05) is 6.26 Å². The Bertz CT molecular complexity index is 445. The molecule has 0 atom stereocenters. The van der Waals surface area contributed by atoms with E-state index >= 15 is 0 Å². The summed E-state index contributed by atoms with van der Waals surface area (Å²) in [4.78, 5) is 1.32. The van der Waals surface area contributed by atoms with Gasteiger partial charge in [0.15, 0.2) is 0 Å². The highest BCUT2D eigenvalue weighted by Gasteiger charge is 2.05. The van der Waals surface area contributed by atoms with Gasteiger partial charge in [0.2, 0.25) is 0 Å². The van der Waals surface area contributed by atoms with Crippen LogP contribution >= 0.6 is 39.0 Å². The summed E-state index contributed by atoms with van der Waals surface area (Å²) in [6, 6.07) is 4.44. The van der Waals surface area contributed by atoms with E-state index in [0.717, 1.165) is 0 Å². The molecule has 0 aliphatic carbocycles. The Kier molecular flexibility index (Phi) is 2.67. The molecule has 1 heterocycles. The van der Waals surface area contributed by atoms with Gasteiger partial charge in [-0.2, -0.15) is 0 Å². The molecule has 0 bridgehead atoms. The van der Waals surface area contributed by atoms with Crippen molar-refractivity contribution in [2.24, 2.45) is 0 Å². The van der Waals surface area contributed by atoms with E-state index in [1.807, 2.05) is 11.3 Å². The Morgan fingerprint density at radius 3 is 2.85 bits per heavy atom. The maximum atomic E-state index is 3.61. The van der Waals surface area contributed by atoms with E-state index in [1.54, 1.807) is 11.8 Å². The topological polar surface area (TPSA) is 0 Å². The Hall–Kier alpha value is 0.01000. The third-order valence-electron chi connectivity index (χ3n) is 2.02. The van der Waals surface area contributed by atoms with Crippen LogP contribution in [0.3, 0.4) is 0 Å². The third-order valence-corrected chi connectivity index (χ3v) is 4.40. The molecule has 0 N–H and O–H groups in total. The van der Waals surface area contributed by atoms with Crippen LogP contribution in [0.1, 0.15) is 5.56 Å². The van der Waals surface area contributed by atoms with E-state index in [-0.39, 0.29) is 0 Å². The minimum atomic E-state index is 1.22. The highest BCUT2D eigenvalue weighted by Crippen LogP contribution is 2.35. The molecule has 0 nitrogen and oxygen atoms in total. The SMILES string of the molecule is CSc1cc(Br)c2c(C)csc2c1. The smallest absolute Gasteiger partial charge is 0.0367 e. The molecule has 13 heavy (non-hydrogen) atoms. The second-order valence-corrected chi connectivity index (χ2v) is 5.55. The predicted octanol–water partition coefficient (Wildman–Crippen LogP) is 4.69. The van der Waals surface area contributed by atoms with Crippen LogP contribution in [0.4, 0.5) is 0 Å². The van der Waals surface area contributed by atoms with Crippen LogP contribution in [0.15, 0.2) is 26.9 Å². The molecule has 2 aromatic rings. The fourth-order valence-corrected chi connectivity index (χ4v) is 3.97. The molecule has 1 aromatic heterocycles. The first-order valence-corrected chi connectivity index (χ1v) is 6.83. The zero-order chi connectivity index (χ0) is 9.42. The normalized spacial score (nSPS) is 11.0. The summed E-state index contributed by atoms with van der Waals surface area (Å²) in [5.74, 6) is 0. The van der Waals surface area contributed by atoms with Crippen LogP contribution in [-0.2, 0) is 0 Å². The zero-order valence-corrected chi connectivity index (χ0v) is 10.6. The number of hydrogen-bond donors (Lipinski definition) is 0. The second-order valence-electron chi connectivity index (χ2n) is 2.90. The van der Waals surface area contributed by atoms with Crippen LogP contribution in [0.2, 0.25) is 0 Å². The molecule has 2 rings (SSSR count). The maximum absolute atomic E-state index is 3.61. The van der Waals surface area contributed by atoms with Gasteiger partial charge in [0, 0.05) is 19.5 Å². The van der Waals surface area contributed by atoms with Crippen LogP contribution in [0.5, 0.6) is 0 Å². The van der Waals surface area contributed by atoms with Crippen molar-refractivity contribution in [1.82, 2.24) is 0 Å². The van der Waals surface area contributed by atoms with Gasteiger partial charge in [-0.25, -0.2) is 0 Å². The number of rotatable bonds is 1. The Morgan fingerprint density at radius 2 is 2.15 bits per heavy atom. The standard InChI is InChI=1S/C10H9BrS2/c1-6-5-13-9-4-7(12-2)3-8(11)10(6)9/h3-5H,1-2H3. The maximum Gasteiger partial charge on any atom is 0.0367 e. The third kappa shape index (κ3) is 1.65. The molecule has 1 aromatic carbocycles. The molecule has 0 spiro atoms. The van der Waals surface area contributed by atoms with Crippen molar-refractivity contribution in [3.8, 4) is 0 Å². The molecule has 3 heteroatoms. The second kappa shape index (κ2) is 3.64. The monoisotopic (exact) mass is 272 g/mol. The van der Waals surface area contributed by atoms with Crippen LogP contribution in [0.25, 0.3) is 10.1 Å². The first-order chi connectivity index (χ1) is 6.22. The number of fused-ring (bicyclic) bond motifs is 1. The predicted molar refractivity (Wildman–Crippen MR) is 66.0 cm³/mol. The lowest BCUT2D eigenvalue weighted by Crippen LogP contribution is -1.74. The van der Waals surface area contributed by atoms with Gasteiger partial charge in [-0.3, -0.25) is 0 Å². The Labute approximate surface area is 94.5 Å². The minimum absolute atomic E-state index is 1.22. The van der Waals surface area contributed by atoms with Gasteiger partial charge >= 0.3 is 0 Å². The molecule has 0 amide bonds. The van der Waals surface area contributed by atoms with E-state index in [0.29, 0.717) is 0 Å². The van der Waals surface area contributed by atoms with Gasteiger partial charge in [0.25, 0.3) is 0 Å². The lowest BCUT2D eigenvalue weighted by molar-refractivity contribution is 1.49. The van der Waals surface area contributed by atoms with Crippen molar-refractivity contribution < 1.29 is 0 Å². The first-order valence-electron chi connectivity index (χ1n) is 3.93. The number of benzene rings is 1. The molecule has 0 aliphatic rings. The van der Waals surface area contributed by atoms with Crippen molar-refractivity contribution >= 4 is 49.1 Å². The zero-order valence-electron chi connectivity index (χ0n) is 7.43. The van der Waals surface area contributed by atoms with Gasteiger partial charge < -0.3 is 0 Å². The number of hydrogen-bond acceptors (Lipinski definition) is 2. The Morgan fingerprint density at radius 1 is 1.38 bits per heavy atom. The number of halogens is 1. The van der Waals surface area contributed by atoms with E-state index in [4.69, 9.17) is 0 Å². The van der Waals surface area contributed by atoms with Gasteiger partial charge in [0.05, 0.1) is 0 Å². The van der Waals surface area contributed by atoms with Crippen LogP contribution < -0.4 is 0 Å². The molecular weight excluding hydrogens is 264 g/mol.